The summed E-state index contributed by atoms with van der Waals surface area (Å²) in [6, 6.07) is 7.08. The summed E-state index contributed by atoms with van der Waals surface area (Å²) in [5.41, 5.74) is 3.02. The van der Waals surface area contributed by atoms with Gasteiger partial charge in [0, 0.05) is 17.0 Å². The quantitative estimate of drug-likeness (QED) is 0.773. The van der Waals surface area contributed by atoms with E-state index < -0.39 is 11.5 Å². The Kier molecular flexibility index (Phi) is 2.73. The molecule has 1 aromatic carbocycles. The van der Waals surface area contributed by atoms with Crippen LogP contribution in [-0.2, 0) is 10.3 Å². The highest BCUT2D eigenvalue weighted by Crippen LogP contribution is 2.24. The molecule has 13 heavy (non-hydrogen) atoms. The molecule has 0 heterocycles. The molecule has 0 aliphatic heterocycles. The molecular formula is C9H10BrNO2. The highest BCUT2D eigenvalue weighted by molar-refractivity contribution is 9.10. The van der Waals surface area contributed by atoms with Gasteiger partial charge in [0.1, 0.15) is 5.97 Å². The van der Waals surface area contributed by atoms with Crippen LogP contribution in [0.3, 0.4) is 0 Å². The number of aliphatic carboxylic acids is 1. The van der Waals surface area contributed by atoms with Gasteiger partial charge in [-0.1, -0.05) is 34.1 Å². The van der Waals surface area contributed by atoms with E-state index in [-0.39, 0.29) is 0 Å². The molecule has 0 saturated heterocycles. The monoisotopic (exact) mass is 243 g/mol. The van der Waals surface area contributed by atoms with Crippen LogP contribution in [0.2, 0.25) is 0 Å². The highest BCUT2D eigenvalue weighted by Gasteiger charge is 2.29. The Hall–Kier alpha value is -0.870. The number of benzene rings is 1. The molecule has 0 aliphatic carbocycles. The molecule has 0 aliphatic rings. The number of hydrogen-bond donors (Lipinski definition) is 1. The topological polar surface area (TPSA) is 67.8 Å². The maximum atomic E-state index is 10.8. The zero-order valence-corrected chi connectivity index (χ0v) is 8.80. The van der Waals surface area contributed by atoms with Gasteiger partial charge in [-0.3, -0.25) is 0 Å². The second-order valence-corrected chi connectivity index (χ2v) is 3.95. The standard InChI is InChI=1S/C9H10BrNO2/c1-9(11,8(12)13)6-4-2-3-5-7(6)10/h2-5H,11H2,1H3,(H,12,13)/t9-/m0/s1. The van der Waals surface area contributed by atoms with Crippen molar-refractivity contribution in [3.05, 3.63) is 34.3 Å². The normalized spacial score (nSPS) is 15.0. The molecule has 3 N–H and O–H groups in total. The summed E-state index contributed by atoms with van der Waals surface area (Å²) in [5, 5.41) is 10.8. The van der Waals surface area contributed by atoms with Crippen LogP contribution >= 0.6 is 15.9 Å². The Morgan fingerprint density at radius 1 is 1.54 bits per heavy atom. The van der Waals surface area contributed by atoms with Crippen molar-refractivity contribution < 1.29 is 15.6 Å². The summed E-state index contributed by atoms with van der Waals surface area (Å²) in [7, 11) is 0. The molecule has 0 bridgehead atoms. The Labute approximate surface area is 84.7 Å². The molecule has 1 rings (SSSR count). The average Bonchev–Trinajstić information content (AvgIpc) is 2.04. The van der Waals surface area contributed by atoms with Crippen LogP contribution in [0.15, 0.2) is 28.7 Å². The summed E-state index contributed by atoms with van der Waals surface area (Å²) >= 11 is 3.27. The maximum Gasteiger partial charge on any atom is 0.158 e. The van der Waals surface area contributed by atoms with Gasteiger partial charge in [0.15, 0.2) is 5.54 Å². The first-order valence-corrected chi connectivity index (χ1v) is 4.57. The van der Waals surface area contributed by atoms with Gasteiger partial charge in [0.2, 0.25) is 0 Å². The van der Waals surface area contributed by atoms with E-state index in [2.05, 4.69) is 21.7 Å². The second kappa shape index (κ2) is 3.47. The van der Waals surface area contributed by atoms with E-state index in [1.54, 1.807) is 18.2 Å². The van der Waals surface area contributed by atoms with E-state index in [4.69, 9.17) is 0 Å². The minimum Gasteiger partial charge on any atom is -0.543 e. The van der Waals surface area contributed by atoms with Crippen molar-refractivity contribution >= 4 is 21.9 Å². The van der Waals surface area contributed by atoms with Gasteiger partial charge < -0.3 is 15.6 Å². The fourth-order valence-electron chi connectivity index (χ4n) is 1.02. The molecule has 70 valence electrons. The van der Waals surface area contributed by atoms with Crippen LogP contribution in [0.5, 0.6) is 0 Å². The van der Waals surface area contributed by atoms with E-state index in [0.717, 1.165) is 4.47 Å². The fourth-order valence-corrected chi connectivity index (χ4v) is 1.74. The molecule has 0 amide bonds. The summed E-state index contributed by atoms with van der Waals surface area (Å²) in [4.78, 5) is 10.8. The van der Waals surface area contributed by atoms with Crippen LogP contribution in [-0.4, -0.2) is 5.97 Å². The van der Waals surface area contributed by atoms with Crippen molar-refractivity contribution in [2.24, 2.45) is 0 Å². The summed E-state index contributed by atoms with van der Waals surface area (Å²) in [6.07, 6.45) is 0. The highest BCUT2D eigenvalue weighted by atomic mass is 79.9. The summed E-state index contributed by atoms with van der Waals surface area (Å²) < 4.78 is 0.733. The predicted octanol–water partition coefficient (Wildman–Crippen LogP) is -0.344. The van der Waals surface area contributed by atoms with Crippen molar-refractivity contribution in [3.63, 3.8) is 0 Å². The van der Waals surface area contributed by atoms with Crippen LogP contribution in [0.25, 0.3) is 0 Å². The smallest absolute Gasteiger partial charge is 0.158 e. The molecule has 3 nitrogen and oxygen atoms in total. The van der Waals surface area contributed by atoms with Crippen molar-refractivity contribution in [2.75, 3.05) is 0 Å². The zero-order chi connectivity index (χ0) is 10.1. The Balaban J connectivity index is 3.22. The number of halogens is 1. The molecule has 0 fully saturated rings. The molecular weight excluding hydrogens is 234 g/mol. The van der Waals surface area contributed by atoms with Crippen LogP contribution in [0, 0.1) is 0 Å². The number of rotatable bonds is 2. The Morgan fingerprint density at radius 3 is 2.54 bits per heavy atom. The first-order chi connectivity index (χ1) is 5.96. The minimum atomic E-state index is -1.21. The number of carbonyl (C=O) groups is 1. The molecule has 4 heteroatoms. The van der Waals surface area contributed by atoms with Crippen molar-refractivity contribution in [1.82, 2.24) is 0 Å². The molecule has 0 spiro atoms. The van der Waals surface area contributed by atoms with E-state index >= 15 is 0 Å². The van der Waals surface area contributed by atoms with E-state index in [1.165, 1.54) is 6.92 Å². The third-order valence-corrected chi connectivity index (χ3v) is 2.61. The summed E-state index contributed by atoms with van der Waals surface area (Å²) in [5.74, 6) is -1.18. The lowest BCUT2D eigenvalue weighted by Crippen LogP contribution is -2.75. The molecule has 0 aromatic heterocycles. The third kappa shape index (κ3) is 1.89. The van der Waals surface area contributed by atoms with Gasteiger partial charge in [0.05, 0.1) is 0 Å². The maximum absolute atomic E-state index is 10.8. The lowest BCUT2D eigenvalue weighted by Gasteiger charge is -2.23. The van der Waals surface area contributed by atoms with Gasteiger partial charge in [-0.2, -0.15) is 0 Å². The Bertz CT molecular complexity index is 336. The van der Waals surface area contributed by atoms with Crippen LogP contribution < -0.4 is 10.8 Å². The van der Waals surface area contributed by atoms with Crippen molar-refractivity contribution in [3.8, 4) is 0 Å². The lowest BCUT2D eigenvalue weighted by molar-refractivity contribution is -0.489. The first kappa shape index (κ1) is 10.2. The molecule has 1 aromatic rings. The van der Waals surface area contributed by atoms with Gasteiger partial charge >= 0.3 is 0 Å². The first-order valence-electron chi connectivity index (χ1n) is 3.78. The van der Waals surface area contributed by atoms with Gasteiger partial charge in [-0.25, -0.2) is 0 Å². The Morgan fingerprint density at radius 2 is 2.08 bits per heavy atom. The fraction of sp³-hybridized carbons (Fsp3) is 0.222. The third-order valence-electron chi connectivity index (χ3n) is 1.92. The van der Waals surface area contributed by atoms with Crippen LogP contribution in [0.1, 0.15) is 12.5 Å². The van der Waals surface area contributed by atoms with Crippen LogP contribution in [0.4, 0.5) is 0 Å². The average molecular weight is 244 g/mol. The van der Waals surface area contributed by atoms with E-state index in [1.807, 2.05) is 6.07 Å². The number of carboxylic acid groups (broad SMARTS) is 1. The number of quaternary nitrogens is 1. The van der Waals surface area contributed by atoms with Crippen molar-refractivity contribution in [2.45, 2.75) is 12.5 Å². The molecule has 0 unspecified atom stereocenters. The lowest BCUT2D eigenvalue weighted by atomic mass is 9.94. The zero-order valence-electron chi connectivity index (χ0n) is 7.21. The molecule has 1 atom stereocenters. The van der Waals surface area contributed by atoms with Crippen molar-refractivity contribution in [1.29, 1.82) is 0 Å². The van der Waals surface area contributed by atoms with E-state index in [9.17, 15) is 9.90 Å². The SMILES string of the molecule is C[C@@]([NH3+])(C(=O)[O-])c1ccccc1Br. The van der Waals surface area contributed by atoms with Gasteiger partial charge in [0.25, 0.3) is 0 Å². The predicted molar refractivity (Wildman–Crippen MR) is 49.4 cm³/mol. The largest absolute Gasteiger partial charge is 0.543 e. The molecule has 0 saturated carbocycles. The number of carbonyl (C=O) groups excluding carboxylic acids is 1. The second-order valence-electron chi connectivity index (χ2n) is 3.10. The van der Waals surface area contributed by atoms with Gasteiger partial charge in [-0.05, 0) is 6.07 Å². The number of hydrogen-bond acceptors (Lipinski definition) is 2. The molecule has 0 radical (unpaired) electrons. The van der Waals surface area contributed by atoms with E-state index in [0.29, 0.717) is 5.56 Å². The van der Waals surface area contributed by atoms with Gasteiger partial charge in [-0.15, -0.1) is 0 Å². The number of carboxylic acids is 1. The summed E-state index contributed by atoms with van der Waals surface area (Å²) in [6.45, 7) is 1.52. The minimum absolute atomic E-state index is 0.620.